The Hall–Kier alpha value is -2.83. The Morgan fingerprint density at radius 2 is 1.54 bits per heavy atom. The monoisotopic (exact) mass is 414 g/mol. The van der Waals surface area contributed by atoms with Crippen LogP contribution in [0.15, 0.2) is 83.8 Å². The maximum atomic E-state index is 12.5. The van der Waals surface area contributed by atoms with Gasteiger partial charge in [0, 0.05) is 0 Å². The number of sulfonamides is 1. The molecule has 0 aliphatic carbocycles. The number of hydrogen-bond acceptors (Lipinski definition) is 3. The number of halogens is 1. The summed E-state index contributed by atoms with van der Waals surface area (Å²) in [4.78, 5) is 12.7. The first-order valence-electron chi connectivity index (χ1n) is 8.60. The topological polar surface area (TPSA) is 75.3 Å². The van der Waals surface area contributed by atoms with E-state index in [4.69, 9.17) is 11.6 Å². The van der Waals surface area contributed by atoms with Crippen LogP contribution in [0.1, 0.15) is 28.9 Å². The molecule has 0 spiro atoms. The molecule has 1 amide bonds. The van der Waals surface area contributed by atoms with Crippen molar-refractivity contribution in [2.45, 2.75) is 17.9 Å². The zero-order chi connectivity index (χ0) is 20.1. The second kappa shape index (κ2) is 8.46. The zero-order valence-corrected chi connectivity index (χ0v) is 16.7. The quantitative estimate of drug-likeness (QED) is 0.617. The second-order valence-electron chi connectivity index (χ2n) is 6.22. The molecule has 28 heavy (non-hydrogen) atoms. The largest absolute Gasteiger partial charge is 0.345 e. The fourth-order valence-corrected chi connectivity index (χ4v) is 4.01. The number of rotatable bonds is 6. The van der Waals surface area contributed by atoms with Gasteiger partial charge in [-0.1, -0.05) is 60.1 Å². The first-order chi connectivity index (χ1) is 13.4. The van der Waals surface area contributed by atoms with E-state index in [1.165, 1.54) is 30.3 Å². The summed E-state index contributed by atoms with van der Waals surface area (Å²) >= 11 is 6.23. The molecule has 3 aromatic rings. The van der Waals surface area contributed by atoms with Gasteiger partial charge in [0.25, 0.3) is 15.9 Å². The van der Waals surface area contributed by atoms with Crippen molar-refractivity contribution in [3.05, 3.63) is 95.0 Å². The number of benzene rings is 3. The molecule has 0 bridgehead atoms. The summed E-state index contributed by atoms with van der Waals surface area (Å²) in [7, 11) is -3.73. The van der Waals surface area contributed by atoms with Gasteiger partial charge >= 0.3 is 0 Å². The van der Waals surface area contributed by atoms with Gasteiger partial charge < -0.3 is 5.32 Å². The number of carbonyl (C=O) groups is 1. The number of carbonyl (C=O) groups excluding carboxylic acids is 1. The lowest BCUT2D eigenvalue weighted by molar-refractivity contribution is 0.0940. The molecule has 144 valence electrons. The van der Waals surface area contributed by atoms with Crippen LogP contribution in [0, 0.1) is 0 Å². The minimum Gasteiger partial charge on any atom is -0.345 e. The van der Waals surface area contributed by atoms with Gasteiger partial charge in [-0.2, -0.15) is 0 Å². The lowest BCUT2D eigenvalue weighted by Gasteiger charge is -2.15. The van der Waals surface area contributed by atoms with Gasteiger partial charge in [0.15, 0.2) is 0 Å². The standard InChI is InChI=1S/C21H19ClN2O3S/c1-15(16-8-4-2-5-9-16)23-21(25)19-13-12-17(14-20(19)22)24-28(26,27)18-10-6-3-7-11-18/h2-15,24H,1H3,(H,23,25)/t15-/m1/s1. The Labute approximate surface area is 169 Å². The highest BCUT2D eigenvalue weighted by molar-refractivity contribution is 7.92. The maximum absolute atomic E-state index is 12.5. The van der Waals surface area contributed by atoms with Crippen LogP contribution >= 0.6 is 11.6 Å². The maximum Gasteiger partial charge on any atom is 0.261 e. The Bertz CT molecular complexity index is 1070. The third kappa shape index (κ3) is 4.71. The summed E-state index contributed by atoms with van der Waals surface area (Å²) in [5.41, 5.74) is 1.52. The summed E-state index contributed by atoms with van der Waals surface area (Å²) in [5, 5.41) is 3.04. The smallest absolute Gasteiger partial charge is 0.261 e. The SMILES string of the molecule is C[C@@H](NC(=O)c1ccc(NS(=O)(=O)c2ccccc2)cc1Cl)c1ccccc1. The number of hydrogen-bond donors (Lipinski definition) is 2. The fraction of sp³-hybridized carbons (Fsp3) is 0.0952. The summed E-state index contributed by atoms with van der Waals surface area (Å²) in [6.07, 6.45) is 0. The highest BCUT2D eigenvalue weighted by Crippen LogP contribution is 2.24. The van der Waals surface area contributed by atoms with Crippen molar-refractivity contribution in [2.75, 3.05) is 4.72 Å². The minimum atomic E-state index is -3.73. The minimum absolute atomic E-state index is 0.143. The van der Waals surface area contributed by atoms with Gasteiger partial charge in [-0.15, -0.1) is 0 Å². The molecule has 5 nitrogen and oxygen atoms in total. The molecular formula is C21H19ClN2O3S. The third-order valence-electron chi connectivity index (χ3n) is 4.17. The molecule has 0 heterocycles. The van der Waals surface area contributed by atoms with Crippen molar-refractivity contribution in [3.8, 4) is 0 Å². The van der Waals surface area contributed by atoms with E-state index in [1.54, 1.807) is 18.2 Å². The summed E-state index contributed by atoms with van der Waals surface area (Å²) in [6, 6.07) is 21.8. The molecular weight excluding hydrogens is 396 g/mol. The van der Waals surface area contributed by atoms with Crippen molar-refractivity contribution in [1.29, 1.82) is 0 Å². The molecule has 3 aromatic carbocycles. The van der Waals surface area contributed by atoms with Gasteiger partial charge in [-0.25, -0.2) is 8.42 Å². The van der Waals surface area contributed by atoms with Crippen LogP contribution in [0.25, 0.3) is 0 Å². The molecule has 2 N–H and O–H groups in total. The van der Waals surface area contributed by atoms with Gasteiger partial charge in [0.1, 0.15) is 0 Å². The Balaban J connectivity index is 1.74. The molecule has 0 aliphatic heterocycles. The normalized spacial score (nSPS) is 12.2. The predicted molar refractivity (Wildman–Crippen MR) is 111 cm³/mol. The molecule has 1 atom stereocenters. The van der Waals surface area contributed by atoms with Gasteiger partial charge in [-0.3, -0.25) is 9.52 Å². The van der Waals surface area contributed by atoms with Crippen LogP contribution in [0.4, 0.5) is 5.69 Å². The van der Waals surface area contributed by atoms with E-state index in [0.717, 1.165) is 5.56 Å². The molecule has 0 unspecified atom stereocenters. The molecule has 3 rings (SSSR count). The first kappa shape index (κ1) is 19.9. The third-order valence-corrected chi connectivity index (χ3v) is 5.88. The second-order valence-corrected chi connectivity index (χ2v) is 8.31. The number of amides is 1. The predicted octanol–water partition coefficient (Wildman–Crippen LogP) is 4.63. The average molecular weight is 415 g/mol. The molecule has 0 radical (unpaired) electrons. The van der Waals surface area contributed by atoms with E-state index >= 15 is 0 Å². The van der Waals surface area contributed by atoms with Crippen LogP contribution in [0.3, 0.4) is 0 Å². The van der Waals surface area contributed by atoms with E-state index in [2.05, 4.69) is 10.0 Å². The van der Waals surface area contributed by atoms with E-state index in [9.17, 15) is 13.2 Å². The van der Waals surface area contributed by atoms with E-state index in [1.807, 2.05) is 37.3 Å². The molecule has 0 saturated heterocycles. The van der Waals surface area contributed by atoms with Crippen LogP contribution in [0.5, 0.6) is 0 Å². The Morgan fingerprint density at radius 3 is 2.14 bits per heavy atom. The van der Waals surface area contributed by atoms with Crippen LogP contribution in [0.2, 0.25) is 5.02 Å². The van der Waals surface area contributed by atoms with Gasteiger partial charge in [-0.05, 0) is 42.8 Å². The molecule has 0 saturated carbocycles. The lowest BCUT2D eigenvalue weighted by atomic mass is 10.1. The van der Waals surface area contributed by atoms with Crippen molar-refractivity contribution in [3.63, 3.8) is 0 Å². The van der Waals surface area contributed by atoms with E-state index in [0.29, 0.717) is 0 Å². The number of anilines is 1. The van der Waals surface area contributed by atoms with Crippen molar-refractivity contribution < 1.29 is 13.2 Å². The molecule has 0 aliphatic rings. The molecule has 7 heteroatoms. The van der Waals surface area contributed by atoms with Crippen molar-refractivity contribution in [2.24, 2.45) is 0 Å². The fourth-order valence-electron chi connectivity index (χ4n) is 2.68. The van der Waals surface area contributed by atoms with Gasteiger partial charge in [0.05, 0.1) is 27.2 Å². The summed E-state index contributed by atoms with van der Waals surface area (Å²) in [5.74, 6) is -0.334. The van der Waals surface area contributed by atoms with Crippen molar-refractivity contribution >= 4 is 33.2 Å². The Kier molecular flexibility index (Phi) is 6.02. The lowest BCUT2D eigenvalue weighted by Crippen LogP contribution is -2.26. The van der Waals surface area contributed by atoms with Crippen LogP contribution in [-0.2, 0) is 10.0 Å². The highest BCUT2D eigenvalue weighted by Gasteiger charge is 2.17. The summed E-state index contributed by atoms with van der Waals surface area (Å²) in [6.45, 7) is 1.88. The van der Waals surface area contributed by atoms with Gasteiger partial charge in [0.2, 0.25) is 0 Å². The van der Waals surface area contributed by atoms with E-state index in [-0.39, 0.29) is 33.1 Å². The molecule has 0 fully saturated rings. The van der Waals surface area contributed by atoms with Crippen molar-refractivity contribution in [1.82, 2.24) is 5.32 Å². The van der Waals surface area contributed by atoms with Crippen LogP contribution < -0.4 is 10.0 Å². The average Bonchev–Trinajstić information content (AvgIpc) is 2.69. The van der Waals surface area contributed by atoms with E-state index < -0.39 is 10.0 Å². The molecule has 0 aromatic heterocycles. The van der Waals surface area contributed by atoms with Crippen LogP contribution in [-0.4, -0.2) is 14.3 Å². The highest BCUT2D eigenvalue weighted by atomic mass is 35.5. The summed E-state index contributed by atoms with van der Waals surface area (Å²) < 4.78 is 27.3. The first-order valence-corrected chi connectivity index (χ1v) is 10.5. The number of nitrogens with one attached hydrogen (secondary N) is 2. The Morgan fingerprint density at radius 1 is 0.929 bits per heavy atom. The zero-order valence-electron chi connectivity index (χ0n) is 15.1.